The Bertz CT molecular complexity index is 681. The highest BCUT2D eigenvalue weighted by atomic mass is 35.5. The molecule has 0 saturated carbocycles. The molecule has 1 aromatic carbocycles. The molecule has 0 fully saturated rings. The van der Waals surface area contributed by atoms with Crippen LogP contribution in [0.15, 0.2) is 54.7 Å². The van der Waals surface area contributed by atoms with Crippen molar-refractivity contribution in [3.8, 4) is 5.69 Å². The van der Waals surface area contributed by atoms with E-state index in [9.17, 15) is 4.39 Å². The summed E-state index contributed by atoms with van der Waals surface area (Å²) in [7, 11) is 0. The Labute approximate surface area is 132 Å². The number of thiophene rings is 1. The summed E-state index contributed by atoms with van der Waals surface area (Å²) in [6, 6.07) is 15.3. The molecule has 6 heteroatoms. The molecule has 0 unspecified atom stereocenters. The summed E-state index contributed by atoms with van der Waals surface area (Å²) in [5.41, 5.74) is 2.12. The second kappa shape index (κ2) is 7.36. The zero-order chi connectivity index (χ0) is 13.8. The number of para-hydroxylation sites is 1. The van der Waals surface area contributed by atoms with E-state index in [-0.39, 0.29) is 17.5 Å². The molecule has 0 aliphatic heterocycles. The lowest BCUT2D eigenvalue weighted by atomic mass is 10.3. The zero-order valence-corrected chi connectivity index (χ0v) is 12.8. The first-order valence-electron chi connectivity index (χ1n) is 6.36. The minimum absolute atomic E-state index is 0. The second-order valence-electron chi connectivity index (χ2n) is 4.38. The van der Waals surface area contributed by atoms with Gasteiger partial charge >= 0.3 is 0 Å². The highest BCUT2D eigenvalue weighted by Crippen LogP contribution is 2.14. The predicted molar refractivity (Wildman–Crippen MR) is 85.6 cm³/mol. The molecule has 0 amide bonds. The molecule has 3 aromatic rings. The summed E-state index contributed by atoms with van der Waals surface area (Å²) in [5.74, 6) is 0. The van der Waals surface area contributed by atoms with Crippen LogP contribution in [0, 0.1) is 5.13 Å². The Balaban J connectivity index is 0.00000161. The molecule has 2 heterocycles. The summed E-state index contributed by atoms with van der Waals surface area (Å²) in [5, 5.41) is 7.50. The minimum Gasteiger partial charge on any atom is -0.306 e. The maximum Gasteiger partial charge on any atom is 0.176 e. The summed E-state index contributed by atoms with van der Waals surface area (Å²) in [6.45, 7) is 1.35. The summed E-state index contributed by atoms with van der Waals surface area (Å²) >= 11 is 1.17. The predicted octanol–water partition coefficient (Wildman–Crippen LogP) is 3.78. The molecular weight excluding hydrogens is 309 g/mol. The number of aromatic nitrogens is 2. The fraction of sp³-hybridized carbons (Fsp3) is 0.133. The van der Waals surface area contributed by atoms with Gasteiger partial charge < -0.3 is 5.32 Å². The Morgan fingerprint density at radius 3 is 2.57 bits per heavy atom. The molecule has 3 rings (SSSR count). The van der Waals surface area contributed by atoms with Crippen LogP contribution in [-0.4, -0.2) is 9.78 Å². The normalized spacial score (nSPS) is 10.3. The quantitative estimate of drug-likeness (QED) is 0.774. The van der Waals surface area contributed by atoms with Gasteiger partial charge in [-0.2, -0.15) is 9.49 Å². The van der Waals surface area contributed by atoms with Crippen molar-refractivity contribution in [2.75, 3.05) is 0 Å². The van der Waals surface area contributed by atoms with E-state index in [4.69, 9.17) is 0 Å². The lowest BCUT2D eigenvalue weighted by molar-refractivity contribution is 0.656. The highest BCUT2D eigenvalue weighted by molar-refractivity contribution is 7.10. The van der Waals surface area contributed by atoms with Crippen LogP contribution in [0.3, 0.4) is 0 Å². The van der Waals surface area contributed by atoms with E-state index in [1.165, 1.54) is 17.4 Å². The number of halogens is 2. The second-order valence-corrected chi connectivity index (χ2v) is 5.50. The SMILES string of the molecule is Cl.Fc1ccc(CNCc2ccnn2-c2ccccc2)s1. The number of benzene rings is 1. The van der Waals surface area contributed by atoms with Crippen molar-refractivity contribution in [3.63, 3.8) is 0 Å². The van der Waals surface area contributed by atoms with E-state index < -0.39 is 0 Å². The molecule has 0 spiro atoms. The molecule has 0 atom stereocenters. The van der Waals surface area contributed by atoms with Crippen LogP contribution in [0.2, 0.25) is 0 Å². The summed E-state index contributed by atoms with van der Waals surface area (Å²) < 4.78 is 14.8. The van der Waals surface area contributed by atoms with Gasteiger partial charge in [-0.15, -0.1) is 23.7 Å². The fourth-order valence-electron chi connectivity index (χ4n) is 2.03. The third-order valence-corrected chi connectivity index (χ3v) is 3.83. The average molecular weight is 324 g/mol. The molecule has 1 N–H and O–H groups in total. The van der Waals surface area contributed by atoms with Gasteiger partial charge in [0, 0.05) is 24.2 Å². The maximum absolute atomic E-state index is 12.9. The molecule has 0 aliphatic rings. The van der Waals surface area contributed by atoms with Gasteiger partial charge in [0.25, 0.3) is 0 Å². The Hall–Kier alpha value is -1.69. The first-order chi connectivity index (χ1) is 9.83. The number of rotatable bonds is 5. The van der Waals surface area contributed by atoms with Crippen molar-refractivity contribution in [1.82, 2.24) is 15.1 Å². The van der Waals surface area contributed by atoms with E-state index in [0.29, 0.717) is 13.1 Å². The highest BCUT2D eigenvalue weighted by Gasteiger charge is 2.04. The van der Waals surface area contributed by atoms with E-state index in [0.717, 1.165) is 16.3 Å². The van der Waals surface area contributed by atoms with Crippen LogP contribution in [0.25, 0.3) is 5.69 Å². The van der Waals surface area contributed by atoms with Gasteiger partial charge in [-0.25, -0.2) is 4.68 Å². The van der Waals surface area contributed by atoms with Gasteiger partial charge in [-0.3, -0.25) is 0 Å². The Morgan fingerprint density at radius 2 is 1.86 bits per heavy atom. The molecule has 110 valence electrons. The summed E-state index contributed by atoms with van der Waals surface area (Å²) in [4.78, 5) is 0.994. The number of hydrogen-bond acceptors (Lipinski definition) is 3. The van der Waals surface area contributed by atoms with Crippen LogP contribution in [-0.2, 0) is 13.1 Å². The van der Waals surface area contributed by atoms with Crippen molar-refractivity contribution in [3.05, 3.63) is 70.4 Å². The monoisotopic (exact) mass is 323 g/mol. The lowest BCUT2D eigenvalue weighted by Crippen LogP contribution is -2.15. The topological polar surface area (TPSA) is 29.9 Å². The van der Waals surface area contributed by atoms with Crippen LogP contribution < -0.4 is 5.32 Å². The van der Waals surface area contributed by atoms with Crippen molar-refractivity contribution in [2.45, 2.75) is 13.1 Å². The van der Waals surface area contributed by atoms with Crippen molar-refractivity contribution in [2.24, 2.45) is 0 Å². The van der Waals surface area contributed by atoms with Crippen molar-refractivity contribution in [1.29, 1.82) is 0 Å². The number of hydrogen-bond donors (Lipinski definition) is 1. The number of nitrogens with zero attached hydrogens (tertiary/aromatic N) is 2. The van der Waals surface area contributed by atoms with E-state index in [2.05, 4.69) is 10.4 Å². The smallest absolute Gasteiger partial charge is 0.176 e. The average Bonchev–Trinajstić information content (AvgIpc) is 3.09. The van der Waals surface area contributed by atoms with Crippen molar-refractivity contribution < 1.29 is 4.39 Å². The third-order valence-electron chi connectivity index (χ3n) is 2.96. The zero-order valence-electron chi connectivity index (χ0n) is 11.2. The molecule has 0 aliphatic carbocycles. The third kappa shape index (κ3) is 3.91. The fourth-order valence-corrected chi connectivity index (χ4v) is 2.72. The molecule has 0 radical (unpaired) electrons. The Morgan fingerprint density at radius 1 is 1.05 bits per heavy atom. The minimum atomic E-state index is -0.142. The van der Waals surface area contributed by atoms with Gasteiger partial charge in [-0.1, -0.05) is 18.2 Å². The van der Waals surface area contributed by atoms with Gasteiger partial charge in [0.1, 0.15) is 0 Å². The molecule has 0 bridgehead atoms. The van der Waals surface area contributed by atoms with Crippen LogP contribution in [0.1, 0.15) is 10.6 Å². The van der Waals surface area contributed by atoms with Crippen LogP contribution in [0.5, 0.6) is 0 Å². The standard InChI is InChI=1S/C15H14FN3S.ClH/c16-15-7-6-14(20-15)11-17-10-13-8-9-18-19(13)12-4-2-1-3-5-12;/h1-9,17H,10-11H2;1H. The van der Waals surface area contributed by atoms with Gasteiger partial charge in [0.15, 0.2) is 5.13 Å². The largest absolute Gasteiger partial charge is 0.306 e. The van der Waals surface area contributed by atoms with E-state index >= 15 is 0 Å². The molecule has 2 aromatic heterocycles. The molecule has 0 saturated heterocycles. The van der Waals surface area contributed by atoms with Crippen molar-refractivity contribution >= 4 is 23.7 Å². The van der Waals surface area contributed by atoms with Gasteiger partial charge in [0.2, 0.25) is 0 Å². The summed E-state index contributed by atoms with van der Waals surface area (Å²) in [6.07, 6.45) is 1.79. The first kappa shape index (κ1) is 15.7. The Kier molecular flexibility index (Phi) is 5.50. The van der Waals surface area contributed by atoms with Gasteiger partial charge in [0.05, 0.1) is 11.4 Å². The lowest BCUT2D eigenvalue weighted by Gasteiger charge is -2.08. The maximum atomic E-state index is 12.9. The molecule has 21 heavy (non-hydrogen) atoms. The first-order valence-corrected chi connectivity index (χ1v) is 7.18. The number of nitrogens with one attached hydrogen (secondary N) is 1. The van der Waals surface area contributed by atoms with Crippen LogP contribution >= 0.6 is 23.7 Å². The van der Waals surface area contributed by atoms with Gasteiger partial charge in [-0.05, 0) is 30.3 Å². The molecule has 3 nitrogen and oxygen atoms in total. The van der Waals surface area contributed by atoms with E-state index in [1.54, 1.807) is 6.20 Å². The van der Waals surface area contributed by atoms with Crippen LogP contribution in [0.4, 0.5) is 4.39 Å². The van der Waals surface area contributed by atoms with E-state index in [1.807, 2.05) is 47.1 Å². The molecular formula is C15H15ClFN3S.